The Morgan fingerprint density at radius 1 is 1.14 bits per heavy atom. The Hall–Kier alpha value is -2.36. The predicted molar refractivity (Wildman–Crippen MR) is 82.5 cm³/mol. The topological polar surface area (TPSA) is 55.1 Å². The van der Waals surface area contributed by atoms with Crippen molar-refractivity contribution in [2.75, 3.05) is 5.32 Å². The molecule has 0 aromatic heterocycles. The van der Waals surface area contributed by atoms with Gasteiger partial charge < -0.3 is 11.1 Å². The second-order valence-corrected chi connectivity index (χ2v) is 5.15. The lowest BCUT2D eigenvalue weighted by atomic mass is 9.93. The van der Waals surface area contributed by atoms with Crippen molar-refractivity contribution in [3.05, 3.63) is 66.0 Å². The van der Waals surface area contributed by atoms with Gasteiger partial charge in [-0.15, -0.1) is 0 Å². The number of anilines is 1. The summed E-state index contributed by atoms with van der Waals surface area (Å²) in [5, 5.41) is 3.07. The maximum absolute atomic E-state index is 12.9. The molecule has 2 unspecified atom stereocenters. The van der Waals surface area contributed by atoms with Crippen molar-refractivity contribution in [1.82, 2.24) is 0 Å². The van der Waals surface area contributed by atoms with E-state index in [9.17, 15) is 9.18 Å². The van der Waals surface area contributed by atoms with Gasteiger partial charge in [-0.05, 0) is 42.2 Å². The van der Waals surface area contributed by atoms with Crippen molar-refractivity contribution in [3.8, 4) is 0 Å². The number of nitrogens with one attached hydrogen (secondary N) is 1. The molecule has 0 radical (unpaired) electrons. The van der Waals surface area contributed by atoms with Gasteiger partial charge in [0, 0.05) is 5.69 Å². The second-order valence-electron chi connectivity index (χ2n) is 5.15. The van der Waals surface area contributed by atoms with Crippen LogP contribution in [0.5, 0.6) is 0 Å². The monoisotopic (exact) mass is 286 g/mol. The summed E-state index contributed by atoms with van der Waals surface area (Å²) >= 11 is 0. The zero-order valence-corrected chi connectivity index (χ0v) is 11.9. The summed E-state index contributed by atoms with van der Waals surface area (Å²) in [5.74, 6) is -0.535. The van der Waals surface area contributed by atoms with Crippen LogP contribution in [0.25, 0.3) is 0 Å². The van der Waals surface area contributed by atoms with Crippen LogP contribution in [0.1, 0.15) is 24.8 Å². The lowest BCUT2D eigenvalue weighted by Crippen LogP contribution is -2.36. The highest BCUT2D eigenvalue weighted by molar-refractivity contribution is 5.83. The minimum atomic E-state index is -0.495. The first-order chi connectivity index (χ1) is 10.1. The standard InChI is InChI=1S/C17H19FN2O/c1-12(13-5-3-2-4-6-13)11-16(17(19)21)20-15-9-7-14(18)8-10-15/h2-10,12,16,20H,11H2,1H3,(H2,19,21). The largest absolute Gasteiger partial charge is 0.374 e. The Balaban J connectivity index is 2.05. The molecule has 0 saturated carbocycles. The summed E-state index contributed by atoms with van der Waals surface area (Å²) in [5.41, 5.74) is 7.30. The molecule has 3 nitrogen and oxygen atoms in total. The summed E-state index contributed by atoms with van der Waals surface area (Å²) in [6.07, 6.45) is 0.580. The smallest absolute Gasteiger partial charge is 0.239 e. The zero-order valence-electron chi connectivity index (χ0n) is 11.9. The van der Waals surface area contributed by atoms with E-state index in [1.807, 2.05) is 30.3 Å². The van der Waals surface area contributed by atoms with Crippen LogP contribution in [0.2, 0.25) is 0 Å². The second kappa shape index (κ2) is 6.88. The molecule has 1 amide bonds. The lowest BCUT2D eigenvalue weighted by molar-refractivity contribution is -0.118. The van der Waals surface area contributed by atoms with Crippen LogP contribution in [0.3, 0.4) is 0 Å². The highest BCUT2D eigenvalue weighted by Crippen LogP contribution is 2.22. The predicted octanol–water partition coefficient (Wildman–Crippen LogP) is 3.29. The summed E-state index contributed by atoms with van der Waals surface area (Å²) in [6.45, 7) is 2.05. The molecule has 2 aromatic carbocycles. The van der Waals surface area contributed by atoms with E-state index in [0.717, 1.165) is 5.56 Å². The number of hydrogen-bond acceptors (Lipinski definition) is 2. The Bertz CT molecular complexity index is 583. The molecule has 2 aromatic rings. The van der Waals surface area contributed by atoms with Gasteiger partial charge in [-0.3, -0.25) is 4.79 Å². The van der Waals surface area contributed by atoms with Crippen molar-refractivity contribution < 1.29 is 9.18 Å². The average Bonchev–Trinajstić information content (AvgIpc) is 2.49. The number of halogens is 1. The average molecular weight is 286 g/mol. The lowest BCUT2D eigenvalue weighted by Gasteiger charge is -2.21. The summed E-state index contributed by atoms with van der Waals surface area (Å²) in [7, 11) is 0. The number of nitrogens with two attached hydrogens (primary N) is 1. The van der Waals surface area contributed by atoms with Crippen LogP contribution in [0.4, 0.5) is 10.1 Å². The molecule has 21 heavy (non-hydrogen) atoms. The number of primary amides is 1. The highest BCUT2D eigenvalue weighted by atomic mass is 19.1. The van der Waals surface area contributed by atoms with Crippen LogP contribution < -0.4 is 11.1 Å². The third-order valence-electron chi connectivity index (χ3n) is 3.49. The highest BCUT2D eigenvalue weighted by Gasteiger charge is 2.19. The Morgan fingerprint density at radius 3 is 2.33 bits per heavy atom. The van der Waals surface area contributed by atoms with Crippen molar-refractivity contribution in [1.29, 1.82) is 0 Å². The van der Waals surface area contributed by atoms with Gasteiger partial charge in [-0.2, -0.15) is 0 Å². The van der Waals surface area contributed by atoms with E-state index < -0.39 is 11.9 Å². The number of carbonyl (C=O) groups excluding carboxylic acids is 1. The van der Waals surface area contributed by atoms with E-state index in [-0.39, 0.29) is 11.7 Å². The Labute approximate surface area is 124 Å². The third kappa shape index (κ3) is 4.31. The molecule has 0 bridgehead atoms. The molecule has 4 heteroatoms. The SMILES string of the molecule is CC(CC(Nc1ccc(F)cc1)C(N)=O)c1ccccc1. The van der Waals surface area contributed by atoms with Gasteiger partial charge in [0.15, 0.2) is 0 Å². The van der Waals surface area contributed by atoms with Crippen molar-refractivity contribution >= 4 is 11.6 Å². The van der Waals surface area contributed by atoms with Gasteiger partial charge in [0.25, 0.3) is 0 Å². The molecule has 0 fully saturated rings. The minimum Gasteiger partial charge on any atom is -0.374 e. The molecule has 0 spiro atoms. The number of carbonyl (C=O) groups is 1. The van der Waals surface area contributed by atoms with Crippen LogP contribution in [-0.2, 0) is 4.79 Å². The normalized spacial score (nSPS) is 13.4. The molecule has 0 aliphatic heterocycles. The number of rotatable bonds is 6. The van der Waals surface area contributed by atoms with Crippen LogP contribution in [0, 0.1) is 5.82 Å². The van der Waals surface area contributed by atoms with Gasteiger partial charge in [0.2, 0.25) is 5.91 Å². The van der Waals surface area contributed by atoms with E-state index in [1.54, 1.807) is 12.1 Å². The summed E-state index contributed by atoms with van der Waals surface area (Å²) in [6, 6.07) is 15.3. The van der Waals surface area contributed by atoms with Crippen molar-refractivity contribution in [2.45, 2.75) is 25.3 Å². The molecule has 0 aliphatic carbocycles. The van der Waals surface area contributed by atoms with Crippen LogP contribution in [0.15, 0.2) is 54.6 Å². The molecule has 110 valence electrons. The van der Waals surface area contributed by atoms with Gasteiger partial charge in [0.1, 0.15) is 11.9 Å². The number of benzene rings is 2. The third-order valence-corrected chi connectivity index (χ3v) is 3.49. The number of amides is 1. The first-order valence-corrected chi connectivity index (χ1v) is 6.92. The van der Waals surface area contributed by atoms with E-state index in [4.69, 9.17) is 5.73 Å². The van der Waals surface area contributed by atoms with Gasteiger partial charge in [-0.25, -0.2) is 4.39 Å². The van der Waals surface area contributed by atoms with Crippen molar-refractivity contribution in [2.24, 2.45) is 5.73 Å². The molecule has 2 rings (SSSR count). The van der Waals surface area contributed by atoms with Gasteiger partial charge >= 0.3 is 0 Å². The first kappa shape index (κ1) is 15.0. The quantitative estimate of drug-likeness (QED) is 0.856. The summed E-state index contributed by atoms with van der Waals surface area (Å²) < 4.78 is 12.9. The zero-order chi connectivity index (χ0) is 15.2. The molecular formula is C17H19FN2O. The van der Waals surface area contributed by atoms with Crippen molar-refractivity contribution in [3.63, 3.8) is 0 Å². The van der Waals surface area contributed by atoms with Gasteiger partial charge in [-0.1, -0.05) is 37.3 Å². The maximum atomic E-state index is 12.9. The van der Waals surface area contributed by atoms with E-state index in [2.05, 4.69) is 12.2 Å². The molecule has 0 aliphatic rings. The first-order valence-electron chi connectivity index (χ1n) is 6.92. The molecule has 0 saturated heterocycles. The Kier molecular flexibility index (Phi) is 4.93. The molecule has 2 atom stereocenters. The summed E-state index contributed by atoms with van der Waals surface area (Å²) in [4.78, 5) is 11.6. The van der Waals surface area contributed by atoms with Crippen LogP contribution >= 0.6 is 0 Å². The van der Waals surface area contributed by atoms with Gasteiger partial charge in [0.05, 0.1) is 0 Å². The fraction of sp³-hybridized carbons (Fsp3) is 0.235. The Morgan fingerprint density at radius 2 is 1.76 bits per heavy atom. The van der Waals surface area contributed by atoms with Crippen LogP contribution in [-0.4, -0.2) is 11.9 Å². The molecule has 3 N–H and O–H groups in total. The fourth-order valence-electron chi connectivity index (χ4n) is 2.26. The molecular weight excluding hydrogens is 267 g/mol. The van der Waals surface area contributed by atoms with E-state index >= 15 is 0 Å². The van der Waals surface area contributed by atoms with E-state index in [1.165, 1.54) is 12.1 Å². The fourth-order valence-corrected chi connectivity index (χ4v) is 2.26. The minimum absolute atomic E-state index is 0.191. The molecule has 0 heterocycles. The number of hydrogen-bond donors (Lipinski definition) is 2. The van der Waals surface area contributed by atoms with E-state index in [0.29, 0.717) is 12.1 Å². The maximum Gasteiger partial charge on any atom is 0.239 e.